The predicted molar refractivity (Wildman–Crippen MR) is 213 cm³/mol. The third-order valence-corrected chi connectivity index (χ3v) is 10.1. The van der Waals surface area contributed by atoms with Crippen LogP contribution >= 0.6 is 7.82 Å². The number of nitrogens with zero attached hydrogens (tertiary/aromatic N) is 1. The smallest absolute Gasteiger partial charge is 0.306 e. The Morgan fingerprint density at radius 1 is 0.635 bits per heavy atom. The Hall–Kier alpha value is -1.51. The molecule has 52 heavy (non-hydrogen) atoms. The Bertz CT molecular complexity index is 935. The van der Waals surface area contributed by atoms with Crippen molar-refractivity contribution in [2.45, 2.75) is 186 Å². The molecule has 0 heterocycles. The lowest BCUT2D eigenvalue weighted by Gasteiger charge is -2.28. The Morgan fingerprint density at radius 2 is 1.08 bits per heavy atom. The highest BCUT2D eigenvalue weighted by molar-refractivity contribution is 7.45. The van der Waals surface area contributed by atoms with Crippen molar-refractivity contribution >= 4 is 19.8 Å². The molecule has 9 nitrogen and oxygen atoms in total. The standard InChI is InChI=1S/C42H80NO8P/c1-6-8-10-12-14-16-18-20-21-23-25-27-29-31-33-35-42(45)51-40(39-50-52(46,47)49-37-36-43(3,4)5)38-48-41(44)34-32-30-28-26-24-22-19-17-15-13-11-9-7-2/h6,17,19,40H,1,7-16,18,20-39H2,2-5H3/b19-17+/t40-/m1/s1. The summed E-state index contributed by atoms with van der Waals surface area (Å²) in [4.78, 5) is 37.4. The molecule has 0 aliphatic rings. The zero-order valence-corrected chi connectivity index (χ0v) is 35.0. The molecule has 0 rings (SSSR count). The van der Waals surface area contributed by atoms with Crippen LogP contribution in [0, 0.1) is 0 Å². The Morgan fingerprint density at radius 3 is 1.56 bits per heavy atom. The molecule has 0 aromatic rings. The van der Waals surface area contributed by atoms with E-state index in [9.17, 15) is 19.0 Å². The molecule has 0 fully saturated rings. The molecule has 306 valence electrons. The molecular weight excluding hydrogens is 677 g/mol. The minimum atomic E-state index is -4.62. The zero-order valence-electron chi connectivity index (χ0n) is 34.1. The summed E-state index contributed by atoms with van der Waals surface area (Å²) in [5.74, 6) is -0.844. The molecular formula is C42H80NO8P. The van der Waals surface area contributed by atoms with Crippen molar-refractivity contribution in [3.05, 3.63) is 24.8 Å². The highest BCUT2D eigenvalue weighted by Gasteiger charge is 2.21. The van der Waals surface area contributed by atoms with Crippen LogP contribution in [0.5, 0.6) is 0 Å². The number of likely N-dealkylation sites (N-methyl/N-ethyl adjacent to an activating group) is 1. The largest absolute Gasteiger partial charge is 0.756 e. The maximum Gasteiger partial charge on any atom is 0.306 e. The van der Waals surface area contributed by atoms with Crippen LogP contribution in [-0.2, 0) is 32.7 Å². The fourth-order valence-corrected chi connectivity index (χ4v) is 6.47. The van der Waals surface area contributed by atoms with Crippen molar-refractivity contribution < 1.29 is 42.1 Å². The highest BCUT2D eigenvalue weighted by Crippen LogP contribution is 2.38. The number of carbonyl (C=O) groups is 2. The van der Waals surface area contributed by atoms with Gasteiger partial charge in [-0.05, 0) is 51.4 Å². The fraction of sp³-hybridized carbons (Fsp3) is 0.857. The van der Waals surface area contributed by atoms with Gasteiger partial charge in [-0.25, -0.2) is 0 Å². The van der Waals surface area contributed by atoms with E-state index in [1.165, 1.54) is 89.9 Å². The van der Waals surface area contributed by atoms with Crippen molar-refractivity contribution in [3.63, 3.8) is 0 Å². The van der Waals surface area contributed by atoms with Crippen molar-refractivity contribution in [2.75, 3.05) is 47.5 Å². The molecule has 0 bridgehead atoms. The summed E-state index contributed by atoms with van der Waals surface area (Å²) < 4.78 is 33.8. The summed E-state index contributed by atoms with van der Waals surface area (Å²) in [5.41, 5.74) is 0. The van der Waals surface area contributed by atoms with E-state index >= 15 is 0 Å². The van der Waals surface area contributed by atoms with E-state index in [4.69, 9.17) is 18.5 Å². The number of allylic oxidation sites excluding steroid dienone is 3. The van der Waals surface area contributed by atoms with Crippen LogP contribution in [0.2, 0.25) is 0 Å². The van der Waals surface area contributed by atoms with Gasteiger partial charge in [-0.1, -0.05) is 134 Å². The maximum atomic E-state index is 12.6. The average Bonchev–Trinajstić information content (AvgIpc) is 3.09. The number of hydrogen-bond donors (Lipinski definition) is 0. The van der Waals surface area contributed by atoms with E-state index in [-0.39, 0.29) is 26.1 Å². The average molecular weight is 758 g/mol. The van der Waals surface area contributed by atoms with Gasteiger partial charge in [-0.3, -0.25) is 14.2 Å². The SMILES string of the molecule is C=CCCCCCCCCCCCCCCCC(=O)O[C@H](COC(=O)CCCCCCC/C=C/CCCCCC)COP(=O)([O-])OCC[N+](C)(C)C. The Balaban J connectivity index is 4.37. The normalized spacial score (nSPS) is 13.6. The fourth-order valence-electron chi connectivity index (χ4n) is 5.75. The first-order chi connectivity index (χ1) is 25.0. The van der Waals surface area contributed by atoms with E-state index < -0.39 is 32.5 Å². The number of rotatable bonds is 39. The molecule has 0 N–H and O–H groups in total. The molecule has 0 aromatic carbocycles. The lowest BCUT2D eigenvalue weighted by atomic mass is 10.0. The molecule has 2 atom stereocenters. The van der Waals surface area contributed by atoms with Crippen molar-refractivity contribution in [2.24, 2.45) is 0 Å². The van der Waals surface area contributed by atoms with E-state index in [2.05, 4.69) is 25.7 Å². The maximum absolute atomic E-state index is 12.6. The second kappa shape index (κ2) is 35.2. The molecule has 0 aliphatic heterocycles. The lowest BCUT2D eigenvalue weighted by Crippen LogP contribution is -2.37. The van der Waals surface area contributed by atoms with E-state index in [0.717, 1.165) is 64.2 Å². The van der Waals surface area contributed by atoms with Gasteiger partial charge < -0.3 is 27.9 Å². The van der Waals surface area contributed by atoms with Gasteiger partial charge in [0.2, 0.25) is 0 Å². The number of ether oxygens (including phenoxy) is 2. The summed E-state index contributed by atoms with van der Waals surface area (Å²) >= 11 is 0. The molecule has 1 unspecified atom stereocenters. The van der Waals surface area contributed by atoms with Crippen molar-refractivity contribution in [3.8, 4) is 0 Å². The van der Waals surface area contributed by atoms with Crippen LogP contribution in [0.1, 0.15) is 180 Å². The third kappa shape index (κ3) is 38.2. The second-order valence-corrected chi connectivity index (χ2v) is 16.8. The summed E-state index contributed by atoms with van der Waals surface area (Å²) in [7, 11) is 1.16. The highest BCUT2D eigenvalue weighted by atomic mass is 31.2. The quantitative estimate of drug-likeness (QED) is 0.0200. The molecule has 10 heteroatoms. The molecule has 0 amide bonds. The molecule has 0 aliphatic carbocycles. The topological polar surface area (TPSA) is 111 Å². The van der Waals surface area contributed by atoms with Crippen LogP contribution in [0.3, 0.4) is 0 Å². The second-order valence-electron chi connectivity index (χ2n) is 15.4. The predicted octanol–water partition coefficient (Wildman–Crippen LogP) is 10.9. The van der Waals surface area contributed by atoms with Gasteiger partial charge in [0.1, 0.15) is 19.8 Å². The molecule has 0 aromatic heterocycles. The van der Waals surface area contributed by atoms with Crippen LogP contribution in [0.15, 0.2) is 24.8 Å². The van der Waals surface area contributed by atoms with E-state index in [1.54, 1.807) is 0 Å². The van der Waals surface area contributed by atoms with Gasteiger partial charge in [0.25, 0.3) is 7.82 Å². The lowest BCUT2D eigenvalue weighted by molar-refractivity contribution is -0.870. The molecule has 0 saturated carbocycles. The first-order valence-electron chi connectivity index (χ1n) is 21.0. The van der Waals surface area contributed by atoms with Crippen molar-refractivity contribution in [1.29, 1.82) is 0 Å². The van der Waals surface area contributed by atoms with Gasteiger partial charge in [0.15, 0.2) is 6.10 Å². The van der Waals surface area contributed by atoms with Gasteiger partial charge in [0, 0.05) is 12.8 Å². The van der Waals surface area contributed by atoms with Gasteiger partial charge in [-0.2, -0.15) is 0 Å². The van der Waals surface area contributed by atoms with Crippen LogP contribution in [0.25, 0.3) is 0 Å². The zero-order chi connectivity index (χ0) is 38.6. The van der Waals surface area contributed by atoms with Gasteiger partial charge >= 0.3 is 11.9 Å². The summed E-state index contributed by atoms with van der Waals surface area (Å²) in [6.07, 6.45) is 35.2. The molecule has 0 saturated heterocycles. The Labute approximate surface area is 319 Å². The number of quaternary nitrogens is 1. The molecule has 0 radical (unpaired) electrons. The minimum absolute atomic E-state index is 0.0315. The number of carbonyl (C=O) groups excluding carboxylic acids is 2. The van der Waals surface area contributed by atoms with E-state index in [0.29, 0.717) is 17.4 Å². The van der Waals surface area contributed by atoms with Crippen LogP contribution < -0.4 is 4.89 Å². The van der Waals surface area contributed by atoms with Crippen LogP contribution in [0.4, 0.5) is 0 Å². The first kappa shape index (κ1) is 50.5. The van der Waals surface area contributed by atoms with Gasteiger partial charge in [-0.15, -0.1) is 6.58 Å². The summed E-state index contributed by atoms with van der Waals surface area (Å²) in [6.45, 7) is 5.72. The van der Waals surface area contributed by atoms with Crippen molar-refractivity contribution in [1.82, 2.24) is 0 Å². The summed E-state index contributed by atoms with van der Waals surface area (Å²) in [6, 6.07) is 0. The monoisotopic (exact) mass is 758 g/mol. The number of esters is 2. The van der Waals surface area contributed by atoms with Crippen LogP contribution in [-0.4, -0.2) is 70.0 Å². The number of phosphoric ester groups is 1. The summed E-state index contributed by atoms with van der Waals surface area (Å²) in [5, 5.41) is 0. The minimum Gasteiger partial charge on any atom is -0.756 e. The number of unbranched alkanes of at least 4 members (excludes halogenated alkanes) is 22. The third-order valence-electron chi connectivity index (χ3n) is 9.09. The van der Waals surface area contributed by atoms with Gasteiger partial charge in [0.05, 0.1) is 27.7 Å². The molecule has 0 spiro atoms. The number of phosphoric acid groups is 1. The number of hydrogen-bond acceptors (Lipinski definition) is 8. The first-order valence-corrected chi connectivity index (χ1v) is 22.5. The Kier molecular flexibility index (Phi) is 34.2. The van der Waals surface area contributed by atoms with E-state index in [1.807, 2.05) is 27.2 Å².